The van der Waals surface area contributed by atoms with E-state index in [9.17, 15) is 0 Å². The van der Waals surface area contributed by atoms with Crippen molar-refractivity contribution < 1.29 is 0 Å². The topological polar surface area (TPSA) is 12.0 Å². The van der Waals surface area contributed by atoms with Crippen LogP contribution in [0.15, 0.2) is 47.2 Å². The summed E-state index contributed by atoms with van der Waals surface area (Å²) in [7, 11) is 2.03. The van der Waals surface area contributed by atoms with E-state index >= 15 is 0 Å². The van der Waals surface area contributed by atoms with Crippen LogP contribution in [0.3, 0.4) is 0 Å². The molecule has 0 spiro atoms. The first-order valence-corrected chi connectivity index (χ1v) is 9.57. The van der Waals surface area contributed by atoms with Crippen LogP contribution in [0, 0.1) is 29.6 Å². The third-order valence-electron chi connectivity index (χ3n) is 6.65. The standard InChI is InChI=1S/C22H33N/c1-5-18(23-4)10-8-9-17-13-14-21-20-12-7-6-11-19(20)16(3)22(21)15(17)2/h5-6,11,13-16,19-20,22-23H,7-10,12H2,1-4H3/b18-5+/t15?,16-,19?,20?,22?/m1/s1. The van der Waals surface area contributed by atoms with Crippen LogP contribution in [0.5, 0.6) is 0 Å². The molecule has 3 aliphatic rings. The summed E-state index contributed by atoms with van der Waals surface area (Å²) in [5.41, 5.74) is 4.82. The minimum Gasteiger partial charge on any atom is -0.392 e. The van der Waals surface area contributed by atoms with E-state index in [0.717, 1.165) is 29.6 Å². The average Bonchev–Trinajstić information content (AvgIpc) is 2.87. The summed E-state index contributed by atoms with van der Waals surface area (Å²) in [6.45, 7) is 7.10. The highest BCUT2D eigenvalue weighted by Crippen LogP contribution is 2.55. The van der Waals surface area contributed by atoms with Crippen molar-refractivity contribution in [2.45, 2.75) is 52.9 Å². The lowest BCUT2D eigenvalue weighted by Gasteiger charge is -2.31. The minimum atomic E-state index is 0.729. The Morgan fingerprint density at radius 1 is 1.30 bits per heavy atom. The Labute approximate surface area is 142 Å². The lowest BCUT2D eigenvalue weighted by Crippen LogP contribution is -2.22. The molecule has 0 amide bonds. The van der Waals surface area contributed by atoms with Crippen molar-refractivity contribution in [1.82, 2.24) is 5.32 Å². The lowest BCUT2D eigenvalue weighted by atomic mass is 9.74. The van der Waals surface area contributed by atoms with Gasteiger partial charge in [-0.1, -0.05) is 55.4 Å². The van der Waals surface area contributed by atoms with Crippen molar-refractivity contribution in [2.24, 2.45) is 29.6 Å². The number of hydrogen-bond acceptors (Lipinski definition) is 1. The Hall–Kier alpha value is -1.24. The van der Waals surface area contributed by atoms with Gasteiger partial charge in [0, 0.05) is 12.7 Å². The molecule has 23 heavy (non-hydrogen) atoms. The second-order valence-corrected chi connectivity index (χ2v) is 7.69. The average molecular weight is 312 g/mol. The molecule has 5 atom stereocenters. The van der Waals surface area contributed by atoms with Crippen LogP contribution in [0.2, 0.25) is 0 Å². The van der Waals surface area contributed by atoms with Crippen molar-refractivity contribution in [1.29, 1.82) is 0 Å². The van der Waals surface area contributed by atoms with Crippen molar-refractivity contribution >= 4 is 0 Å². The Balaban J connectivity index is 1.69. The smallest absolute Gasteiger partial charge is 0.00608 e. The summed E-state index contributed by atoms with van der Waals surface area (Å²) >= 11 is 0. The predicted octanol–water partition coefficient (Wildman–Crippen LogP) is 5.63. The zero-order valence-electron chi connectivity index (χ0n) is 15.3. The number of nitrogens with one attached hydrogen (secondary N) is 1. The lowest BCUT2D eigenvalue weighted by molar-refractivity contribution is 0.306. The van der Waals surface area contributed by atoms with Crippen LogP contribution in [0.1, 0.15) is 52.9 Å². The van der Waals surface area contributed by atoms with E-state index in [1.807, 2.05) is 7.05 Å². The molecular weight excluding hydrogens is 278 g/mol. The van der Waals surface area contributed by atoms with Gasteiger partial charge in [0.1, 0.15) is 0 Å². The molecule has 0 bridgehead atoms. The van der Waals surface area contributed by atoms with Gasteiger partial charge in [0.2, 0.25) is 0 Å². The van der Waals surface area contributed by atoms with E-state index in [1.165, 1.54) is 37.8 Å². The van der Waals surface area contributed by atoms with Crippen molar-refractivity contribution in [3.63, 3.8) is 0 Å². The largest absolute Gasteiger partial charge is 0.392 e. The first-order chi connectivity index (χ1) is 11.2. The van der Waals surface area contributed by atoms with E-state index in [1.54, 1.807) is 11.1 Å². The highest BCUT2D eigenvalue weighted by atomic mass is 14.8. The normalized spacial score (nSPS) is 36.2. The van der Waals surface area contributed by atoms with Crippen molar-refractivity contribution in [3.8, 4) is 0 Å². The molecule has 1 saturated carbocycles. The van der Waals surface area contributed by atoms with E-state index < -0.39 is 0 Å². The van der Waals surface area contributed by atoms with Crippen LogP contribution in [0.4, 0.5) is 0 Å². The zero-order valence-corrected chi connectivity index (χ0v) is 15.3. The summed E-state index contributed by atoms with van der Waals surface area (Å²) in [6.07, 6.45) is 18.4. The zero-order chi connectivity index (χ0) is 16.4. The van der Waals surface area contributed by atoms with Gasteiger partial charge in [0.05, 0.1) is 0 Å². The molecule has 1 N–H and O–H groups in total. The first-order valence-electron chi connectivity index (χ1n) is 9.57. The molecule has 0 saturated heterocycles. The van der Waals surface area contributed by atoms with Crippen molar-refractivity contribution in [3.05, 3.63) is 47.2 Å². The molecule has 1 fully saturated rings. The van der Waals surface area contributed by atoms with E-state index in [4.69, 9.17) is 0 Å². The number of rotatable bonds is 5. The van der Waals surface area contributed by atoms with Crippen LogP contribution in [-0.4, -0.2) is 7.05 Å². The Kier molecular flexibility index (Phi) is 5.14. The molecule has 0 heterocycles. The molecule has 0 aromatic heterocycles. The SMILES string of the molecule is C/C=C(\CCCC1=CC=C2C3CCC=CC3[C@@H](C)C2C1C)NC. The highest BCUT2D eigenvalue weighted by Gasteiger charge is 2.46. The summed E-state index contributed by atoms with van der Waals surface area (Å²) < 4.78 is 0. The number of allylic oxidation sites excluding steroid dienone is 8. The van der Waals surface area contributed by atoms with Crippen molar-refractivity contribution in [2.75, 3.05) is 7.05 Å². The van der Waals surface area contributed by atoms with Gasteiger partial charge in [0.15, 0.2) is 0 Å². The Morgan fingerprint density at radius 3 is 2.87 bits per heavy atom. The highest BCUT2D eigenvalue weighted by molar-refractivity contribution is 5.36. The maximum atomic E-state index is 3.30. The summed E-state index contributed by atoms with van der Waals surface area (Å²) in [5.74, 6) is 3.96. The second kappa shape index (κ2) is 7.11. The molecule has 0 aromatic rings. The predicted molar refractivity (Wildman–Crippen MR) is 100 cm³/mol. The van der Waals surface area contributed by atoms with Crippen LogP contribution in [0.25, 0.3) is 0 Å². The third kappa shape index (κ3) is 3.07. The molecular formula is C22H33N. The van der Waals surface area contributed by atoms with E-state index in [-0.39, 0.29) is 0 Å². The van der Waals surface area contributed by atoms with E-state index in [2.05, 4.69) is 56.5 Å². The molecule has 4 unspecified atom stereocenters. The Bertz CT molecular complexity index is 548. The maximum absolute atomic E-state index is 3.30. The molecule has 0 aliphatic heterocycles. The van der Waals surface area contributed by atoms with Gasteiger partial charge in [-0.3, -0.25) is 0 Å². The maximum Gasteiger partial charge on any atom is 0.00608 e. The molecule has 126 valence electrons. The van der Waals surface area contributed by atoms with E-state index in [0.29, 0.717) is 0 Å². The van der Waals surface area contributed by atoms with Gasteiger partial charge < -0.3 is 5.32 Å². The van der Waals surface area contributed by atoms with Crippen LogP contribution in [-0.2, 0) is 0 Å². The monoisotopic (exact) mass is 311 g/mol. The fourth-order valence-corrected chi connectivity index (χ4v) is 5.35. The molecule has 0 radical (unpaired) electrons. The summed E-state index contributed by atoms with van der Waals surface area (Å²) in [5, 5.41) is 3.30. The molecule has 0 aromatic carbocycles. The van der Waals surface area contributed by atoms with Gasteiger partial charge in [-0.15, -0.1) is 0 Å². The number of hydrogen-bond donors (Lipinski definition) is 1. The van der Waals surface area contributed by atoms with Crippen LogP contribution >= 0.6 is 0 Å². The van der Waals surface area contributed by atoms with Gasteiger partial charge in [0.25, 0.3) is 0 Å². The fourth-order valence-electron chi connectivity index (χ4n) is 5.35. The molecule has 1 heteroatoms. The quantitative estimate of drug-likeness (QED) is 0.649. The number of fused-ring (bicyclic) bond motifs is 3. The van der Waals surface area contributed by atoms with Gasteiger partial charge in [-0.2, -0.15) is 0 Å². The minimum absolute atomic E-state index is 0.729. The Morgan fingerprint density at radius 2 is 2.13 bits per heavy atom. The second-order valence-electron chi connectivity index (χ2n) is 7.69. The van der Waals surface area contributed by atoms with Crippen LogP contribution < -0.4 is 5.32 Å². The van der Waals surface area contributed by atoms with Gasteiger partial charge in [-0.25, -0.2) is 0 Å². The fraction of sp³-hybridized carbons (Fsp3) is 0.636. The summed E-state index contributed by atoms with van der Waals surface area (Å²) in [6, 6.07) is 0. The first kappa shape index (κ1) is 16.6. The third-order valence-corrected chi connectivity index (χ3v) is 6.65. The van der Waals surface area contributed by atoms with Gasteiger partial charge in [-0.05, 0) is 68.6 Å². The summed E-state index contributed by atoms with van der Waals surface area (Å²) in [4.78, 5) is 0. The van der Waals surface area contributed by atoms with Gasteiger partial charge >= 0.3 is 0 Å². The molecule has 1 nitrogen and oxygen atoms in total. The molecule has 3 aliphatic carbocycles. The molecule has 3 rings (SSSR count).